The highest BCUT2D eigenvalue weighted by molar-refractivity contribution is 5.97. The van der Waals surface area contributed by atoms with Crippen LogP contribution in [0.5, 0.6) is 5.75 Å². The Labute approximate surface area is 192 Å². The molecule has 5 nitrogen and oxygen atoms in total. The maximum Gasteiger partial charge on any atom is 0.182 e. The third-order valence-electron chi connectivity index (χ3n) is 5.60. The highest BCUT2D eigenvalue weighted by atomic mass is 19.2. The Bertz CT molecular complexity index is 1370. The number of halogens is 4. The molecule has 0 amide bonds. The van der Waals surface area contributed by atoms with E-state index in [2.05, 4.69) is 4.98 Å². The molecule has 0 saturated carbocycles. The van der Waals surface area contributed by atoms with Crippen molar-refractivity contribution in [2.75, 3.05) is 6.54 Å². The molecule has 0 radical (unpaired) electrons. The summed E-state index contributed by atoms with van der Waals surface area (Å²) in [4.78, 5) is 17.6. The summed E-state index contributed by atoms with van der Waals surface area (Å²) in [6.45, 7) is 1.48. The maximum atomic E-state index is 14.0. The van der Waals surface area contributed by atoms with Gasteiger partial charge in [-0.3, -0.25) is 9.20 Å². The molecule has 4 rings (SSSR count). The highest BCUT2D eigenvalue weighted by Gasteiger charge is 2.23. The molecule has 2 aromatic carbocycles. The van der Waals surface area contributed by atoms with Gasteiger partial charge >= 0.3 is 0 Å². The van der Waals surface area contributed by atoms with E-state index in [0.717, 1.165) is 18.2 Å². The van der Waals surface area contributed by atoms with Crippen LogP contribution in [0, 0.1) is 30.2 Å². The van der Waals surface area contributed by atoms with Gasteiger partial charge in [-0.1, -0.05) is 18.2 Å². The number of benzene rings is 2. The van der Waals surface area contributed by atoms with E-state index in [1.807, 2.05) is 0 Å². The Hall–Kier alpha value is -3.72. The van der Waals surface area contributed by atoms with Gasteiger partial charge in [0.15, 0.2) is 40.4 Å². The van der Waals surface area contributed by atoms with E-state index in [0.29, 0.717) is 22.6 Å². The van der Waals surface area contributed by atoms with E-state index in [-0.39, 0.29) is 36.7 Å². The summed E-state index contributed by atoms with van der Waals surface area (Å²) in [5.74, 6) is -4.49. The second-order valence-electron chi connectivity index (χ2n) is 7.85. The molecule has 0 aliphatic heterocycles. The number of pyridine rings is 1. The topological polar surface area (TPSA) is 69.6 Å². The number of carbonyl (C=O) groups is 1. The first kappa shape index (κ1) is 23.4. The number of hydrogen-bond acceptors (Lipinski definition) is 4. The van der Waals surface area contributed by atoms with E-state index in [9.17, 15) is 22.4 Å². The molecule has 0 bridgehead atoms. The molecule has 2 N–H and O–H groups in total. The zero-order valence-corrected chi connectivity index (χ0v) is 18.2. The van der Waals surface area contributed by atoms with Crippen molar-refractivity contribution in [3.63, 3.8) is 0 Å². The lowest BCUT2D eigenvalue weighted by molar-refractivity contribution is 0.0968. The number of ketones is 1. The quantitative estimate of drug-likeness (QED) is 0.287. The SMILES string of the molecule is Cc1nc2c(OCc3cccc(F)c3F)cccn2c1C(=O)CC(CN)c1ccc(F)c(F)c1. The van der Waals surface area contributed by atoms with Crippen molar-refractivity contribution in [3.05, 3.63) is 101 Å². The Morgan fingerprint density at radius 3 is 2.59 bits per heavy atom. The van der Waals surface area contributed by atoms with Crippen LogP contribution in [0.25, 0.3) is 5.65 Å². The number of rotatable bonds is 8. The van der Waals surface area contributed by atoms with Gasteiger partial charge in [-0.25, -0.2) is 22.5 Å². The second-order valence-corrected chi connectivity index (χ2v) is 7.85. The van der Waals surface area contributed by atoms with Crippen molar-refractivity contribution in [2.45, 2.75) is 25.9 Å². The predicted octanol–water partition coefficient (Wildman–Crippen LogP) is 5.09. The number of carbonyl (C=O) groups excluding carboxylic acids is 1. The van der Waals surface area contributed by atoms with Gasteiger partial charge in [-0.2, -0.15) is 0 Å². The van der Waals surface area contributed by atoms with Crippen LogP contribution in [-0.2, 0) is 6.61 Å². The molecule has 0 fully saturated rings. The monoisotopic (exact) mass is 471 g/mol. The molecular formula is C25H21F4N3O2. The molecule has 9 heteroatoms. The number of aromatic nitrogens is 2. The van der Waals surface area contributed by atoms with E-state index in [1.165, 1.54) is 18.2 Å². The van der Waals surface area contributed by atoms with E-state index in [1.54, 1.807) is 29.7 Å². The van der Waals surface area contributed by atoms with Crippen LogP contribution in [0.1, 0.15) is 39.6 Å². The number of fused-ring (bicyclic) bond motifs is 1. The molecule has 2 aromatic heterocycles. The molecular weight excluding hydrogens is 450 g/mol. The summed E-state index contributed by atoms with van der Waals surface area (Å²) < 4.78 is 61.6. The minimum absolute atomic E-state index is 0.0406. The molecule has 0 spiro atoms. The molecule has 1 atom stereocenters. The zero-order valence-electron chi connectivity index (χ0n) is 18.2. The van der Waals surface area contributed by atoms with Gasteiger partial charge in [-0.15, -0.1) is 0 Å². The van der Waals surface area contributed by atoms with Crippen molar-refractivity contribution in [1.82, 2.24) is 9.38 Å². The molecule has 0 saturated heterocycles. The van der Waals surface area contributed by atoms with Gasteiger partial charge in [0.1, 0.15) is 12.3 Å². The van der Waals surface area contributed by atoms with Crippen molar-refractivity contribution in [3.8, 4) is 5.75 Å². The number of ether oxygens (including phenoxy) is 1. The Kier molecular flexibility index (Phi) is 6.65. The molecule has 2 heterocycles. The van der Waals surface area contributed by atoms with E-state index < -0.39 is 29.2 Å². The van der Waals surface area contributed by atoms with Gasteiger partial charge < -0.3 is 10.5 Å². The standard InChI is InChI=1S/C25H21F4N3O2/c1-14-24(21(33)11-17(12-30)15-7-8-18(26)20(28)10-15)32-9-3-6-22(25(32)31-14)34-13-16-4-2-5-19(27)23(16)29/h2-10,17H,11-13,30H2,1H3. The van der Waals surface area contributed by atoms with Crippen molar-refractivity contribution in [2.24, 2.45) is 5.73 Å². The van der Waals surface area contributed by atoms with Gasteiger partial charge in [0.05, 0.1) is 5.69 Å². The summed E-state index contributed by atoms with van der Waals surface area (Å²) in [6, 6.07) is 10.5. The average Bonchev–Trinajstić information content (AvgIpc) is 3.16. The molecule has 0 aliphatic carbocycles. The summed E-state index contributed by atoms with van der Waals surface area (Å²) >= 11 is 0. The number of Topliss-reactive ketones (excluding diaryl/α,β-unsaturated/α-hetero) is 1. The van der Waals surface area contributed by atoms with Crippen molar-refractivity contribution < 1.29 is 27.1 Å². The fourth-order valence-corrected chi connectivity index (χ4v) is 3.84. The maximum absolute atomic E-state index is 14.0. The minimum Gasteiger partial charge on any atom is -0.485 e. The van der Waals surface area contributed by atoms with E-state index >= 15 is 0 Å². The first-order valence-electron chi connectivity index (χ1n) is 10.5. The first-order chi connectivity index (χ1) is 16.3. The van der Waals surface area contributed by atoms with Crippen LogP contribution >= 0.6 is 0 Å². The van der Waals surface area contributed by atoms with Gasteiger partial charge in [0.2, 0.25) is 0 Å². The largest absolute Gasteiger partial charge is 0.485 e. The van der Waals surface area contributed by atoms with Gasteiger partial charge in [-0.05, 0) is 49.4 Å². The lowest BCUT2D eigenvalue weighted by Crippen LogP contribution is -2.18. The van der Waals surface area contributed by atoms with Crippen LogP contribution in [0.4, 0.5) is 17.6 Å². The van der Waals surface area contributed by atoms with Crippen LogP contribution in [0.3, 0.4) is 0 Å². The van der Waals surface area contributed by atoms with Crippen LogP contribution in [0.2, 0.25) is 0 Å². The Morgan fingerprint density at radius 2 is 1.85 bits per heavy atom. The average molecular weight is 471 g/mol. The second kappa shape index (κ2) is 9.64. The predicted molar refractivity (Wildman–Crippen MR) is 118 cm³/mol. The molecule has 1 unspecified atom stereocenters. The number of nitrogens with zero attached hydrogens (tertiary/aromatic N) is 2. The highest BCUT2D eigenvalue weighted by Crippen LogP contribution is 2.27. The van der Waals surface area contributed by atoms with Crippen LogP contribution in [0.15, 0.2) is 54.7 Å². The van der Waals surface area contributed by atoms with Crippen LogP contribution < -0.4 is 10.5 Å². The number of hydrogen-bond donors (Lipinski definition) is 1. The molecule has 4 aromatic rings. The summed E-state index contributed by atoms with van der Waals surface area (Å²) in [7, 11) is 0. The summed E-state index contributed by atoms with van der Waals surface area (Å²) in [6.07, 6.45) is 1.59. The number of aryl methyl sites for hydroxylation is 1. The molecule has 0 aliphatic rings. The molecule has 34 heavy (non-hydrogen) atoms. The third kappa shape index (κ3) is 4.51. The number of imidazole rings is 1. The summed E-state index contributed by atoms with van der Waals surface area (Å²) in [5, 5.41) is 0. The number of nitrogens with two attached hydrogens (primary N) is 1. The normalized spacial score (nSPS) is 12.2. The minimum atomic E-state index is -1.01. The third-order valence-corrected chi connectivity index (χ3v) is 5.60. The van der Waals surface area contributed by atoms with Crippen LogP contribution in [-0.4, -0.2) is 21.7 Å². The van der Waals surface area contributed by atoms with Crippen molar-refractivity contribution in [1.29, 1.82) is 0 Å². The smallest absolute Gasteiger partial charge is 0.182 e. The van der Waals surface area contributed by atoms with Gasteiger partial charge in [0.25, 0.3) is 0 Å². The Balaban J connectivity index is 1.60. The lowest BCUT2D eigenvalue weighted by atomic mass is 9.92. The fraction of sp³-hybridized carbons (Fsp3) is 0.200. The van der Waals surface area contributed by atoms with Crippen molar-refractivity contribution >= 4 is 11.4 Å². The zero-order chi connectivity index (χ0) is 24.4. The lowest BCUT2D eigenvalue weighted by Gasteiger charge is -2.15. The fourth-order valence-electron chi connectivity index (χ4n) is 3.84. The first-order valence-corrected chi connectivity index (χ1v) is 10.5. The molecule has 176 valence electrons. The van der Waals surface area contributed by atoms with E-state index in [4.69, 9.17) is 10.5 Å². The Morgan fingerprint density at radius 1 is 1.06 bits per heavy atom. The summed E-state index contributed by atoms with van der Waals surface area (Å²) in [5.41, 5.74) is 7.33. The van der Waals surface area contributed by atoms with Gasteiger partial charge in [0, 0.05) is 24.1 Å².